The fraction of sp³-hybridized carbons (Fsp3) is 0.267. The fourth-order valence-corrected chi connectivity index (χ4v) is 1.87. The summed E-state index contributed by atoms with van der Waals surface area (Å²) in [5.41, 5.74) is 2.87. The van der Waals surface area contributed by atoms with Crippen LogP contribution in [0.25, 0.3) is 0 Å². The van der Waals surface area contributed by atoms with Gasteiger partial charge in [-0.25, -0.2) is 0 Å². The summed E-state index contributed by atoms with van der Waals surface area (Å²) >= 11 is 0. The van der Waals surface area contributed by atoms with E-state index in [1.54, 1.807) is 31.6 Å². The molecule has 1 aromatic carbocycles. The predicted molar refractivity (Wildman–Crippen MR) is 75.4 cm³/mol. The maximum atomic E-state index is 10.1. The van der Waals surface area contributed by atoms with Crippen molar-refractivity contribution >= 4 is 5.69 Å². The first-order valence-corrected chi connectivity index (χ1v) is 6.17. The second kappa shape index (κ2) is 6.20. The van der Waals surface area contributed by atoms with E-state index < -0.39 is 6.10 Å². The Morgan fingerprint density at radius 2 is 2.00 bits per heavy atom. The van der Waals surface area contributed by atoms with Crippen molar-refractivity contribution < 1.29 is 9.84 Å². The number of pyridine rings is 1. The number of anilines is 1. The molecule has 0 amide bonds. The third-order valence-electron chi connectivity index (χ3n) is 2.93. The zero-order chi connectivity index (χ0) is 13.7. The largest absolute Gasteiger partial charge is 0.495 e. The van der Waals surface area contributed by atoms with Crippen LogP contribution >= 0.6 is 0 Å². The van der Waals surface area contributed by atoms with Crippen LogP contribution in [0.4, 0.5) is 5.69 Å². The zero-order valence-corrected chi connectivity index (χ0v) is 11.1. The van der Waals surface area contributed by atoms with Crippen molar-refractivity contribution in [2.75, 3.05) is 19.0 Å². The van der Waals surface area contributed by atoms with Gasteiger partial charge >= 0.3 is 0 Å². The quantitative estimate of drug-likeness (QED) is 0.865. The van der Waals surface area contributed by atoms with E-state index in [9.17, 15) is 5.11 Å². The number of aliphatic hydroxyl groups is 1. The molecule has 100 valence electrons. The van der Waals surface area contributed by atoms with Crippen LogP contribution in [-0.4, -0.2) is 23.7 Å². The first kappa shape index (κ1) is 13.4. The van der Waals surface area contributed by atoms with Crippen molar-refractivity contribution in [2.45, 2.75) is 13.0 Å². The standard InChI is InChI=1S/C15H18N2O2/c1-11-3-4-15(19-2)13(9-11)17-10-14(18)12-5-7-16-8-6-12/h3-9,14,17-18H,10H2,1-2H3. The van der Waals surface area contributed by atoms with E-state index in [1.165, 1.54) is 0 Å². The summed E-state index contributed by atoms with van der Waals surface area (Å²) in [5, 5.41) is 13.3. The Labute approximate surface area is 113 Å². The summed E-state index contributed by atoms with van der Waals surface area (Å²) in [7, 11) is 1.63. The molecule has 0 aliphatic rings. The molecular formula is C15H18N2O2. The van der Waals surface area contributed by atoms with E-state index in [-0.39, 0.29) is 0 Å². The van der Waals surface area contributed by atoms with Crippen LogP contribution in [0.5, 0.6) is 5.75 Å². The van der Waals surface area contributed by atoms with Crippen LogP contribution in [0.3, 0.4) is 0 Å². The van der Waals surface area contributed by atoms with Crippen LogP contribution in [0.2, 0.25) is 0 Å². The number of hydrogen-bond donors (Lipinski definition) is 2. The molecular weight excluding hydrogens is 240 g/mol. The maximum Gasteiger partial charge on any atom is 0.141 e. The molecule has 0 fully saturated rings. The van der Waals surface area contributed by atoms with Gasteiger partial charge in [-0.05, 0) is 42.3 Å². The Kier molecular flexibility index (Phi) is 4.36. The molecule has 1 heterocycles. The first-order chi connectivity index (χ1) is 9.20. The van der Waals surface area contributed by atoms with Crippen molar-refractivity contribution in [3.63, 3.8) is 0 Å². The number of ether oxygens (including phenoxy) is 1. The van der Waals surface area contributed by atoms with E-state index in [0.717, 1.165) is 22.6 Å². The van der Waals surface area contributed by atoms with Crippen molar-refractivity contribution in [3.8, 4) is 5.75 Å². The molecule has 0 saturated carbocycles. The Morgan fingerprint density at radius 3 is 2.68 bits per heavy atom. The van der Waals surface area contributed by atoms with Gasteiger partial charge in [-0.15, -0.1) is 0 Å². The Balaban J connectivity index is 2.04. The van der Waals surface area contributed by atoms with Crippen LogP contribution in [0.1, 0.15) is 17.2 Å². The van der Waals surface area contributed by atoms with Gasteiger partial charge in [0.05, 0.1) is 18.9 Å². The van der Waals surface area contributed by atoms with Crippen molar-refractivity contribution in [1.29, 1.82) is 0 Å². The van der Waals surface area contributed by atoms with Gasteiger partial charge in [0.2, 0.25) is 0 Å². The second-order valence-corrected chi connectivity index (χ2v) is 4.38. The Bertz CT molecular complexity index is 529. The molecule has 0 radical (unpaired) electrons. The number of benzene rings is 1. The highest BCUT2D eigenvalue weighted by Gasteiger charge is 2.09. The Hall–Kier alpha value is -2.07. The molecule has 0 spiro atoms. The number of hydrogen-bond acceptors (Lipinski definition) is 4. The molecule has 0 saturated heterocycles. The highest BCUT2D eigenvalue weighted by Crippen LogP contribution is 2.26. The third-order valence-corrected chi connectivity index (χ3v) is 2.93. The minimum absolute atomic E-state index is 0.420. The zero-order valence-electron chi connectivity index (χ0n) is 11.1. The van der Waals surface area contributed by atoms with E-state index in [1.807, 2.05) is 25.1 Å². The Morgan fingerprint density at radius 1 is 1.26 bits per heavy atom. The highest BCUT2D eigenvalue weighted by atomic mass is 16.5. The number of nitrogens with one attached hydrogen (secondary N) is 1. The number of aromatic nitrogens is 1. The van der Waals surface area contributed by atoms with Gasteiger partial charge in [0, 0.05) is 18.9 Å². The average molecular weight is 258 g/mol. The summed E-state index contributed by atoms with van der Waals surface area (Å²) in [6.45, 7) is 2.44. The number of aryl methyl sites for hydroxylation is 1. The third kappa shape index (κ3) is 3.45. The molecule has 1 atom stereocenters. The van der Waals surface area contributed by atoms with E-state index in [4.69, 9.17) is 4.74 Å². The number of rotatable bonds is 5. The first-order valence-electron chi connectivity index (χ1n) is 6.17. The molecule has 2 rings (SSSR count). The van der Waals surface area contributed by atoms with Crippen molar-refractivity contribution in [1.82, 2.24) is 4.98 Å². The van der Waals surface area contributed by atoms with Gasteiger partial charge in [0.25, 0.3) is 0 Å². The van der Waals surface area contributed by atoms with Crippen LogP contribution < -0.4 is 10.1 Å². The molecule has 19 heavy (non-hydrogen) atoms. The van der Waals surface area contributed by atoms with E-state index in [2.05, 4.69) is 10.3 Å². The van der Waals surface area contributed by atoms with Crippen LogP contribution in [0, 0.1) is 6.92 Å². The van der Waals surface area contributed by atoms with Gasteiger partial charge in [-0.1, -0.05) is 6.07 Å². The highest BCUT2D eigenvalue weighted by molar-refractivity contribution is 5.58. The lowest BCUT2D eigenvalue weighted by Gasteiger charge is -2.15. The number of methoxy groups -OCH3 is 1. The number of aliphatic hydroxyl groups excluding tert-OH is 1. The van der Waals surface area contributed by atoms with Crippen molar-refractivity contribution in [3.05, 3.63) is 53.9 Å². The predicted octanol–water partition coefficient (Wildman–Crippen LogP) is 2.54. The maximum absolute atomic E-state index is 10.1. The minimum atomic E-state index is -0.576. The van der Waals surface area contributed by atoms with Crippen molar-refractivity contribution in [2.24, 2.45) is 0 Å². The van der Waals surface area contributed by atoms with E-state index >= 15 is 0 Å². The summed E-state index contributed by atoms with van der Waals surface area (Å²) in [6.07, 6.45) is 2.77. The molecule has 1 aromatic heterocycles. The normalized spacial score (nSPS) is 11.9. The molecule has 2 N–H and O–H groups in total. The lowest BCUT2D eigenvalue weighted by Crippen LogP contribution is -2.12. The molecule has 1 unspecified atom stereocenters. The second-order valence-electron chi connectivity index (χ2n) is 4.38. The monoisotopic (exact) mass is 258 g/mol. The molecule has 4 nitrogen and oxygen atoms in total. The van der Waals surface area contributed by atoms with Gasteiger partial charge in [0.15, 0.2) is 0 Å². The SMILES string of the molecule is COc1ccc(C)cc1NCC(O)c1ccncc1. The summed E-state index contributed by atoms with van der Waals surface area (Å²) < 4.78 is 5.28. The van der Waals surface area contributed by atoms with Gasteiger partial charge in [-0.3, -0.25) is 4.98 Å². The van der Waals surface area contributed by atoms with Crippen LogP contribution in [0.15, 0.2) is 42.7 Å². The average Bonchev–Trinajstić information content (AvgIpc) is 2.46. The van der Waals surface area contributed by atoms with Gasteiger partial charge in [0.1, 0.15) is 5.75 Å². The lowest BCUT2D eigenvalue weighted by molar-refractivity contribution is 0.191. The number of nitrogens with zero attached hydrogens (tertiary/aromatic N) is 1. The fourth-order valence-electron chi connectivity index (χ4n) is 1.87. The molecule has 0 aliphatic heterocycles. The van der Waals surface area contributed by atoms with Gasteiger partial charge < -0.3 is 15.2 Å². The topological polar surface area (TPSA) is 54.4 Å². The summed E-state index contributed by atoms with van der Waals surface area (Å²) in [6, 6.07) is 9.51. The molecule has 2 aromatic rings. The lowest BCUT2D eigenvalue weighted by atomic mass is 10.1. The summed E-state index contributed by atoms with van der Waals surface area (Å²) in [4.78, 5) is 3.93. The van der Waals surface area contributed by atoms with Crippen LogP contribution in [-0.2, 0) is 0 Å². The summed E-state index contributed by atoms with van der Waals surface area (Å²) in [5.74, 6) is 0.771. The minimum Gasteiger partial charge on any atom is -0.495 e. The molecule has 0 bridgehead atoms. The molecule has 0 aliphatic carbocycles. The molecule has 4 heteroatoms. The van der Waals surface area contributed by atoms with Gasteiger partial charge in [-0.2, -0.15) is 0 Å². The van der Waals surface area contributed by atoms with E-state index in [0.29, 0.717) is 6.54 Å². The smallest absolute Gasteiger partial charge is 0.141 e.